The third-order valence-corrected chi connectivity index (χ3v) is 2.47. The van der Waals surface area contributed by atoms with Crippen LogP contribution in [0.25, 0.3) is 0 Å². The summed E-state index contributed by atoms with van der Waals surface area (Å²) in [5, 5.41) is 7.73. The summed E-state index contributed by atoms with van der Waals surface area (Å²) in [5.41, 5.74) is 3.52. The van der Waals surface area contributed by atoms with Gasteiger partial charge >= 0.3 is 0 Å². The van der Waals surface area contributed by atoms with Gasteiger partial charge in [-0.25, -0.2) is 0 Å². The van der Waals surface area contributed by atoms with Crippen molar-refractivity contribution in [3.05, 3.63) is 34.9 Å². The van der Waals surface area contributed by atoms with Gasteiger partial charge in [-0.3, -0.25) is 4.79 Å². The average molecular weight is 173 g/mol. The smallest absolute Gasteiger partial charge is 0.150 e. The minimum Gasteiger partial charge on any atom is -0.305 e. The summed E-state index contributed by atoms with van der Waals surface area (Å²) >= 11 is 0. The second kappa shape index (κ2) is 3.13. The number of aldehydes is 1. The Morgan fingerprint density at radius 3 is 2.92 bits per heavy atom. The van der Waals surface area contributed by atoms with Gasteiger partial charge in [0.05, 0.1) is 0 Å². The average Bonchev–Trinajstić information content (AvgIpc) is 2.18. The van der Waals surface area contributed by atoms with E-state index in [-0.39, 0.29) is 0 Å². The zero-order chi connectivity index (χ0) is 9.26. The van der Waals surface area contributed by atoms with Crippen LogP contribution in [-0.2, 0) is 6.42 Å². The topological polar surface area (TPSA) is 40.9 Å². The highest BCUT2D eigenvalue weighted by atomic mass is 16.1. The molecule has 0 heterocycles. The molecule has 1 aromatic rings. The highest BCUT2D eigenvalue weighted by Crippen LogP contribution is 2.21. The lowest BCUT2D eigenvalue weighted by molar-refractivity contribution is 0.112. The first kappa shape index (κ1) is 8.17. The van der Waals surface area contributed by atoms with Crippen molar-refractivity contribution in [1.29, 1.82) is 5.41 Å². The van der Waals surface area contributed by atoms with Crippen LogP contribution in [0.2, 0.25) is 0 Å². The number of fused-ring (bicyclic) bond motifs is 1. The maximum absolute atomic E-state index is 10.5. The first-order chi connectivity index (χ1) is 6.31. The lowest BCUT2D eigenvalue weighted by atomic mass is 9.89. The highest BCUT2D eigenvalue weighted by Gasteiger charge is 2.13. The van der Waals surface area contributed by atoms with Crippen molar-refractivity contribution in [1.82, 2.24) is 0 Å². The van der Waals surface area contributed by atoms with Crippen molar-refractivity contribution in [3.63, 3.8) is 0 Å². The van der Waals surface area contributed by atoms with Crippen LogP contribution < -0.4 is 0 Å². The fourth-order valence-electron chi connectivity index (χ4n) is 1.76. The first-order valence-corrected chi connectivity index (χ1v) is 4.47. The number of aryl methyl sites for hydroxylation is 1. The fraction of sp³-hybridized carbons (Fsp3) is 0.273. The van der Waals surface area contributed by atoms with Gasteiger partial charge in [0.15, 0.2) is 0 Å². The molecular weight excluding hydrogens is 162 g/mol. The Hall–Kier alpha value is -1.44. The Labute approximate surface area is 77.1 Å². The van der Waals surface area contributed by atoms with Crippen LogP contribution in [0.5, 0.6) is 0 Å². The number of hydrogen-bond acceptors (Lipinski definition) is 2. The number of benzene rings is 1. The summed E-state index contributed by atoms with van der Waals surface area (Å²) < 4.78 is 0. The van der Waals surface area contributed by atoms with E-state index in [1.807, 2.05) is 18.2 Å². The van der Waals surface area contributed by atoms with Crippen molar-refractivity contribution in [2.24, 2.45) is 0 Å². The summed E-state index contributed by atoms with van der Waals surface area (Å²) in [5.74, 6) is 0. The molecule has 1 N–H and O–H groups in total. The Balaban J connectivity index is 2.53. The van der Waals surface area contributed by atoms with E-state index in [2.05, 4.69) is 0 Å². The van der Waals surface area contributed by atoms with E-state index in [0.29, 0.717) is 11.3 Å². The molecular formula is C11H11NO. The summed E-state index contributed by atoms with van der Waals surface area (Å²) in [6, 6.07) is 5.61. The van der Waals surface area contributed by atoms with Crippen molar-refractivity contribution in [2.75, 3.05) is 0 Å². The summed E-state index contributed by atoms with van der Waals surface area (Å²) in [6.07, 6.45) is 3.78. The molecule has 2 nitrogen and oxygen atoms in total. The molecule has 1 aromatic carbocycles. The second-order valence-corrected chi connectivity index (χ2v) is 3.37. The summed E-state index contributed by atoms with van der Waals surface area (Å²) in [4.78, 5) is 10.5. The van der Waals surface area contributed by atoms with Gasteiger partial charge in [0.25, 0.3) is 0 Å². The zero-order valence-electron chi connectivity index (χ0n) is 7.34. The van der Waals surface area contributed by atoms with E-state index < -0.39 is 0 Å². The zero-order valence-corrected chi connectivity index (χ0v) is 7.34. The van der Waals surface area contributed by atoms with Crippen LogP contribution in [-0.4, -0.2) is 12.0 Å². The largest absolute Gasteiger partial charge is 0.305 e. The Kier molecular flexibility index (Phi) is 1.97. The van der Waals surface area contributed by atoms with E-state index >= 15 is 0 Å². The highest BCUT2D eigenvalue weighted by molar-refractivity contribution is 6.01. The Morgan fingerprint density at radius 1 is 1.31 bits per heavy atom. The van der Waals surface area contributed by atoms with Gasteiger partial charge in [-0.2, -0.15) is 0 Å². The van der Waals surface area contributed by atoms with E-state index in [0.717, 1.165) is 31.1 Å². The van der Waals surface area contributed by atoms with Crippen LogP contribution in [0.4, 0.5) is 0 Å². The maximum Gasteiger partial charge on any atom is 0.150 e. The molecule has 1 aliphatic rings. The standard InChI is InChI=1S/C11H11NO/c12-11-3-1-2-9-5-4-8(7-13)6-10(9)11/h4-7,12H,1-3H2. The molecule has 0 unspecified atom stereocenters. The molecule has 0 atom stereocenters. The van der Waals surface area contributed by atoms with Crippen molar-refractivity contribution >= 4 is 12.0 Å². The van der Waals surface area contributed by atoms with Gasteiger partial charge in [-0.05, 0) is 36.5 Å². The molecule has 0 saturated heterocycles. The van der Waals surface area contributed by atoms with Crippen LogP contribution in [0.15, 0.2) is 18.2 Å². The van der Waals surface area contributed by atoms with E-state index in [1.54, 1.807) is 0 Å². The fourth-order valence-corrected chi connectivity index (χ4v) is 1.76. The van der Waals surface area contributed by atoms with Crippen LogP contribution in [0.1, 0.15) is 34.3 Å². The number of hydrogen-bond donors (Lipinski definition) is 1. The van der Waals surface area contributed by atoms with Gasteiger partial charge in [-0.15, -0.1) is 0 Å². The molecule has 13 heavy (non-hydrogen) atoms. The van der Waals surface area contributed by atoms with Crippen molar-refractivity contribution < 1.29 is 4.79 Å². The van der Waals surface area contributed by atoms with Gasteiger partial charge in [0.2, 0.25) is 0 Å². The van der Waals surface area contributed by atoms with Crippen molar-refractivity contribution in [2.45, 2.75) is 19.3 Å². The molecule has 2 heteroatoms. The van der Waals surface area contributed by atoms with Gasteiger partial charge < -0.3 is 5.41 Å². The lowest BCUT2D eigenvalue weighted by Crippen LogP contribution is -2.10. The number of nitrogens with one attached hydrogen (secondary N) is 1. The van der Waals surface area contributed by atoms with Crippen LogP contribution in [0, 0.1) is 5.41 Å². The number of carbonyl (C=O) groups is 1. The predicted molar refractivity (Wildman–Crippen MR) is 51.6 cm³/mol. The molecule has 0 fully saturated rings. The molecule has 0 saturated carbocycles. The Bertz CT molecular complexity index is 368. The maximum atomic E-state index is 10.5. The van der Waals surface area contributed by atoms with Gasteiger partial charge in [0, 0.05) is 11.3 Å². The Morgan fingerprint density at radius 2 is 2.15 bits per heavy atom. The third-order valence-electron chi connectivity index (χ3n) is 2.47. The predicted octanol–water partition coefficient (Wildman–Crippen LogP) is 2.20. The van der Waals surface area contributed by atoms with Gasteiger partial charge in [0.1, 0.15) is 6.29 Å². The molecule has 0 amide bonds. The summed E-state index contributed by atoms with van der Waals surface area (Å²) in [6.45, 7) is 0. The van der Waals surface area contributed by atoms with Gasteiger partial charge in [-0.1, -0.05) is 12.1 Å². The molecule has 0 aliphatic heterocycles. The molecule has 66 valence electrons. The quantitative estimate of drug-likeness (QED) is 0.650. The minimum absolute atomic E-state index is 0.671. The van der Waals surface area contributed by atoms with E-state index in [4.69, 9.17) is 5.41 Å². The first-order valence-electron chi connectivity index (χ1n) is 4.47. The lowest BCUT2D eigenvalue weighted by Gasteiger charge is -2.16. The molecule has 2 rings (SSSR count). The van der Waals surface area contributed by atoms with Crippen LogP contribution >= 0.6 is 0 Å². The monoisotopic (exact) mass is 173 g/mol. The van der Waals surface area contributed by atoms with Crippen LogP contribution in [0.3, 0.4) is 0 Å². The normalized spacial score (nSPS) is 15.2. The van der Waals surface area contributed by atoms with E-state index in [1.165, 1.54) is 5.56 Å². The molecule has 0 spiro atoms. The van der Waals surface area contributed by atoms with Crippen molar-refractivity contribution in [3.8, 4) is 0 Å². The summed E-state index contributed by atoms with van der Waals surface area (Å²) in [7, 11) is 0. The molecule has 0 radical (unpaired) electrons. The third kappa shape index (κ3) is 1.39. The molecule has 1 aliphatic carbocycles. The molecule has 0 bridgehead atoms. The SMILES string of the molecule is N=C1CCCc2ccc(C=O)cc21. The molecule has 0 aromatic heterocycles. The second-order valence-electron chi connectivity index (χ2n) is 3.37. The number of carbonyl (C=O) groups excluding carboxylic acids is 1. The minimum atomic E-state index is 0.671. The van der Waals surface area contributed by atoms with E-state index in [9.17, 15) is 4.79 Å². The number of rotatable bonds is 1.